The van der Waals surface area contributed by atoms with Gasteiger partial charge in [0.1, 0.15) is 11.6 Å². The average Bonchev–Trinajstić information content (AvgIpc) is 3.24. The van der Waals surface area contributed by atoms with E-state index in [-0.39, 0.29) is 25.9 Å². The molecule has 0 bridgehead atoms. The molecule has 0 radical (unpaired) electrons. The van der Waals surface area contributed by atoms with Crippen LogP contribution in [0.2, 0.25) is 0 Å². The molecule has 2 amide bonds. The molecule has 0 aliphatic carbocycles. The van der Waals surface area contributed by atoms with Gasteiger partial charge in [0, 0.05) is 56.7 Å². The topological polar surface area (TPSA) is 79.3 Å². The van der Waals surface area contributed by atoms with Gasteiger partial charge in [-0.2, -0.15) is 0 Å². The summed E-state index contributed by atoms with van der Waals surface area (Å²) in [6.45, 7) is 0. The molecular formula is C41H34Br8Cl2N5O2PZn. The van der Waals surface area contributed by atoms with Crippen LogP contribution in [0.5, 0.6) is 0 Å². The Morgan fingerprint density at radius 2 is 0.800 bits per heavy atom. The summed E-state index contributed by atoms with van der Waals surface area (Å²) in [7, 11) is -0.446. The van der Waals surface area contributed by atoms with E-state index < -0.39 is 7.92 Å². The maximum Gasteiger partial charge on any atom is 0.221 e. The Bertz CT molecular complexity index is 1860. The zero-order chi connectivity index (χ0) is 43.7. The molecule has 0 fully saturated rings. The summed E-state index contributed by atoms with van der Waals surface area (Å²) in [5.41, 5.74) is 0. The van der Waals surface area contributed by atoms with Crippen LogP contribution in [0.15, 0.2) is 190 Å². The number of hydrogen-bond acceptors (Lipinski definition) is 6. The number of alkyl halides is 6. The standard InChI is InChI=1S/C18H15P.C9H6Br4N2.C7H6N2O2.C5H5N.CBr4.CH2Cl2.Zn/c1-4-10-16(11-5-1)19(17-12-6-2-7-13-17)18-14-8-3-9-15-18;10-7(11)5-15(6-8(12)13)9-3-1-2-4-14-9;10-5-9(6-11)7-3-1-2-4-8-7;1-2-4-6-5-3-1;2-1(3,4)5;2-1-3;/h1-15H;1-6H;1-6H;1-5H;;1H2;. The number of carbonyl (C=O) groups is 2. The number of halogens is 10. The summed E-state index contributed by atoms with van der Waals surface area (Å²) < 4.78 is 1.41. The van der Waals surface area contributed by atoms with E-state index in [1.807, 2.05) is 53.7 Å². The van der Waals surface area contributed by atoms with Crippen LogP contribution < -0.4 is 25.7 Å². The molecule has 0 N–H and O–H groups in total. The zero-order valence-electron chi connectivity index (χ0n) is 31.2. The molecule has 7 nitrogen and oxygen atoms in total. The first-order chi connectivity index (χ1) is 28.3. The molecule has 60 heavy (non-hydrogen) atoms. The molecule has 3 aromatic carbocycles. The van der Waals surface area contributed by atoms with Crippen LogP contribution in [0.4, 0.5) is 11.6 Å². The number of pyridine rings is 3. The Balaban J connectivity index is 0.000000760. The molecule has 0 aliphatic rings. The predicted molar refractivity (Wildman–Crippen MR) is 282 cm³/mol. The SMILES string of the molecule is BrC(Br)(Br)Br.BrC(Br)=CN(C=C(Br)Br)c1ccccn1.ClCCl.O=CN(C=O)c1ccccn1.[Zn].c1ccc(P(c2ccccc2)c2ccccc2)cc1.c1ccncc1. The van der Waals surface area contributed by atoms with Crippen LogP contribution in [-0.4, -0.2) is 34.2 Å². The van der Waals surface area contributed by atoms with Gasteiger partial charge in [0.25, 0.3) is 0 Å². The number of benzene rings is 3. The number of aromatic nitrogens is 3. The van der Waals surface area contributed by atoms with Crippen molar-refractivity contribution >= 4 is 199 Å². The molecule has 3 heterocycles. The quantitative estimate of drug-likeness (QED) is 0.0621. The summed E-state index contributed by atoms with van der Waals surface area (Å²) >= 11 is 35.3. The molecule has 6 aromatic rings. The maximum absolute atomic E-state index is 10.2. The zero-order valence-corrected chi connectivity index (χ0v) is 49.2. The second-order valence-electron chi connectivity index (χ2n) is 10.1. The summed E-state index contributed by atoms with van der Waals surface area (Å²) in [5, 5.41) is 4.39. The smallest absolute Gasteiger partial charge is 0.221 e. The van der Waals surface area contributed by atoms with Crippen LogP contribution in [0.3, 0.4) is 0 Å². The van der Waals surface area contributed by atoms with Crippen molar-refractivity contribution in [1.82, 2.24) is 15.0 Å². The van der Waals surface area contributed by atoms with Crippen molar-refractivity contribution in [2.24, 2.45) is 0 Å². The first kappa shape index (κ1) is 59.0. The molecule has 0 saturated heterocycles. The van der Waals surface area contributed by atoms with E-state index in [0.717, 1.165) is 17.5 Å². The first-order valence-electron chi connectivity index (χ1n) is 16.4. The summed E-state index contributed by atoms with van der Waals surface area (Å²) in [6, 6.07) is 48.7. The first-order valence-corrected chi connectivity index (χ1v) is 25.1. The van der Waals surface area contributed by atoms with Crippen LogP contribution in [0.1, 0.15) is 0 Å². The van der Waals surface area contributed by atoms with Crippen LogP contribution in [-0.2, 0) is 29.1 Å². The fourth-order valence-electron chi connectivity index (χ4n) is 4.02. The van der Waals surface area contributed by atoms with E-state index in [9.17, 15) is 9.59 Å². The third kappa shape index (κ3) is 30.2. The van der Waals surface area contributed by atoms with Crippen molar-refractivity contribution < 1.29 is 29.1 Å². The van der Waals surface area contributed by atoms with Gasteiger partial charge in [-0.1, -0.05) is 109 Å². The molecule has 3 aromatic heterocycles. The minimum atomic E-state index is -0.446. The van der Waals surface area contributed by atoms with Crippen molar-refractivity contribution in [3.8, 4) is 0 Å². The van der Waals surface area contributed by atoms with Gasteiger partial charge >= 0.3 is 0 Å². The Morgan fingerprint density at radius 1 is 0.517 bits per heavy atom. The number of imide groups is 1. The largest absolute Gasteiger partial charge is 0.305 e. The fraction of sp³-hybridized carbons (Fsp3) is 0.0488. The number of anilines is 2. The Morgan fingerprint density at radius 3 is 1.03 bits per heavy atom. The average molecular weight is 1440 g/mol. The van der Waals surface area contributed by atoms with Gasteiger partial charge in [0.2, 0.25) is 12.8 Å². The predicted octanol–water partition coefficient (Wildman–Crippen LogP) is 14.4. The number of nitrogens with zero attached hydrogens (tertiary/aromatic N) is 5. The number of carbonyl (C=O) groups excluding carboxylic acids is 2. The molecule has 19 heteroatoms. The van der Waals surface area contributed by atoms with Crippen molar-refractivity contribution in [1.29, 1.82) is 0 Å². The number of hydrogen-bond donors (Lipinski definition) is 0. The van der Waals surface area contributed by atoms with Crippen molar-refractivity contribution in [3.63, 3.8) is 0 Å². The molecule has 0 spiro atoms. The summed E-state index contributed by atoms with van der Waals surface area (Å²) in [5.74, 6) is 1.16. The van der Waals surface area contributed by atoms with E-state index in [0.29, 0.717) is 18.6 Å². The van der Waals surface area contributed by atoms with Gasteiger partial charge in [0.05, 0.1) is 12.1 Å². The molecule has 6 rings (SSSR count). The number of rotatable bonds is 9. The monoisotopic (exact) mass is 1420 g/mol. The third-order valence-electron chi connectivity index (χ3n) is 6.14. The molecule has 312 valence electrons. The molecular weight excluding hydrogens is 1400 g/mol. The van der Waals surface area contributed by atoms with Crippen molar-refractivity contribution in [3.05, 3.63) is 190 Å². The second kappa shape index (κ2) is 37.4. The minimum absolute atomic E-state index is 0. The van der Waals surface area contributed by atoms with Crippen LogP contribution in [0, 0.1) is 0 Å². The van der Waals surface area contributed by atoms with Gasteiger partial charge in [-0.05, 0) is 188 Å². The van der Waals surface area contributed by atoms with Crippen LogP contribution >= 0.6 is 159 Å². The Hall–Kier alpha value is -0.997. The van der Waals surface area contributed by atoms with Gasteiger partial charge < -0.3 is 4.90 Å². The van der Waals surface area contributed by atoms with Crippen molar-refractivity contribution in [2.45, 2.75) is 1.05 Å². The Labute approximate surface area is 443 Å². The fourth-order valence-corrected chi connectivity index (χ4v) is 7.20. The van der Waals surface area contributed by atoms with E-state index in [1.54, 1.807) is 36.8 Å². The Kier molecular flexibility index (Phi) is 36.8. The normalized spacial score (nSPS) is 9.38. The molecule has 0 aliphatic heterocycles. The molecule has 0 atom stereocenters. The van der Waals surface area contributed by atoms with Crippen molar-refractivity contribution in [2.75, 3.05) is 15.1 Å². The van der Waals surface area contributed by atoms with E-state index >= 15 is 0 Å². The number of amides is 2. The third-order valence-corrected chi connectivity index (χ3v) is 9.40. The van der Waals surface area contributed by atoms with Gasteiger partial charge in [-0.25, -0.2) is 14.9 Å². The molecule has 0 saturated carbocycles. The summed E-state index contributed by atoms with van der Waals surface area (Å²) in [4.78, 5) is 34.9. The van der Waals surface area contributed by atoms with Gasteiger partial charge in [-0.15, -0.1) is 23.2 Å². The molecule has 0 unspecified atom stereocenters. The van der Waals surface area contributed by atoms with E-state index in [1.165, 1.54) is 22.1 Å². The minimum Gasteiger partial charge on any atom is -0.305 e. The van der Waals surface area contributed by atoms with E-state index in [4.69, 9.17) is 23.2 Å². The van der Waals surface area contributed by atoms with Gasteiger partial charge in [0.15, 0.2) is 1.05 Å². The van der Waals surface area contributed by atoms with E-state index in [2.05, 4.69) is 233 Å². The van der Waals surface area contributed by atoms with Crippen LogP contribution in [0.25, 0.3) is 0 Å². The maximum atomic E-state index is 10.2. The summed E-state index contributed by atoms with van der Waals surface area (Å²) in [6.07, 6.45) is 11.3. The van der Waals surface area contributed by atoms with Gasteiger partial charge in [-0.3, -0.25) is 14.6 Å². The second-order valence-corrected chi connectivity index (χ2v) is 29.9.